The van der Waals surface area contributed by atoms with Gasteiger partial charge in [-0.25, -0.2) is 4.98 Å². The van der Waals surface area contributed by atoms with Crippen molar-refractivity contribution in [2.24, 2.45) is 0 Å². The monoisotopic (exact) mass is 229 g/mol. The van der Waals surface area contributed by atoms with Crippen molar-refractivity contribution in [3.8, 4) is 17.0 Å². The highest BCUT2D eigenvalue weighted by Crippen LogP contribution is 2.27. The predicted octanol–water partition coefficient (Wildman–Crippen LogP) is 2.22. The fourth-order valence-corrected chi connectivity index (χ4v) is 1.64. The minimum Gasteiger partial charge on any atom is -0.497 e. The summed E-state index contributed by atoms with van der Waals surface area (Å²) < 4.78 is 5.20. The molecule has 0 fully saturated rings. The molecule has 88 valence electrons. The first-order chi connectivity index (χ1) is 8.22. The van der Waals surface area contributed by atoms with Gasteiger partial charge in [0.2, 0.25) is 0 Å². The van der Waals surface area contributed by atoms with Gasteiger partial charge in [0.25, 0.3) is 0 Å². The van der Waals surface area contributed by atoms with E-state index in [1.54, 1.807) is 19.5 Å². The third kappa shape index (κ3) is 2.36. The van der Waals surface area contributed by atoms with Crippen molar-refractivity contribution in [2.75, 3.05) is 26.1 Å². The molecule has 2 aromatic heterocycles. The molecule has 2 heterocycles. The molecule has 0 amide bonds. The van der Waals surface area contributed by atoms with Gasteiger partial charge in [0.15, 0.2) is 0 Å². The summed E-state index contributed by atoms with van der Waals surface area (Å²) in [5, 5.41) is 0. The maximum Gasteiger partial charge on any atom is 0.137 e. The molecular formula is C13H15N3O. The Kier molecular flexibility index (Phi) is 3.23. The van der Waals surface area contributed by atoms with Crippen LogP contribution in [0, 0.1) is 0 Å². The smallest absolute Gasteiger partial charge is 0.137 e. The SMILES string of the molecule is COc1ccnc(-c2cccnc2N(C)C)c1. The maximum atomic E-state index is 5.20. The van der Waals surface area contributed by atoms with Crippen LogP contribution in [0.25, 0.3) is 11.3 Å². The van der Waals surface area contributed by atoms with E-state index in [0.29, 0.717) is 0 Å². The van der Waals surface area contributed by atoms with Gasteiger partial charge in [-0.2, -0.15) is 0 Å². The maximum absolute atomic E-state index is 5.20. The minimum absolute atomic E-state index is 0.795. The van der Waals surface area contributed by atoms with Gasteiger partial charge in [-0.3, -0.25) is 4.98 Å². The minimum atomic E-state index is 0.795. The van der Waals surface area contributed by atoms with Crippen LogP contribution in [0.2, 0.25) is 0 Å². The summed E-state index contributed by atoms with van der Waals surface area (Å²) in [5.74, 6) is 1.69. The molecule has 2 aromatic rings. The summed E-state index contributed by atoms with van der Waals surface area (Å²) in [6, 6.07) is 7.65. The van der Waals surface area contributed by atoms with Crippen molar-refractivity contribution < 1.29 is 4.74 Å². The molecule has 0 unspecified atom stereocenters. The molecule has 0 N–H and O–H groups in total. The largest absolute Gasteiger partial charge is 0.497 e. The van der Waals surface area contributed by atoms with Crippen molar-refractivity contribution in [1.29, 1.82) is 0 Å². The van der Waals surface area contributed by atoms with Gasteiger partial charge in [-0.1, -0.05) is 0 Å². The number of rotatable bonds is 3. The Balaban J connectivity index is 2.52. The van der Waals surface area contributed by atoms with Crippen LogP contribution in [-0.2, 0) is 0 Å². The first-order valence-corrected chi connectivity index (χ1v) is 5.35. The molecule has 2 rings (SSSR count). The van der Waals surface area contributed by atoms with Crippen LogP contribution in [0.15, 0.2) is 36.7 Å². The summed E-state index contributed by atoms with van der Waals surface area (Å²) in [4.78, 5) is 10.7. The normalized spacial score (nSPS) is 10.1. The topological polar surface area (TPSA) is 38.3 Å². The van der Waals surface area contributed by atoms with Gasteiger partial charge in [0, 0.05) is 38.1 Å². The molecule has 0 aliphatic carbocycles. The van der Waals surface area contributed by atoms with E-state index in [0.717, 1.165) is 22.8 Å². The Labute approximate surface area is 101 Å². The van der Waals surface area contributed by atoms with E-state index in [2.05, 4.69) is 9.97 Å². The summed E-state index contributed by atoms with van der Waals surface area (Å²) in [7, 11) is 5.58. The molecule has 4 nitrogen and oxygen atoms in total. The lowest BCUT2D eigenvalue weighted by atomic mass is 10.1. The van der Waals surface area contributed by atoms with E-state index >= 15 is 0 Å². The number of nitrogens with zero attached hydrogens (tertiary/aromatic N) is 3. The number of anilines is 1. The van der Waals surface area contributed by atoms with Gasteiger partial charge in [0.05, 0.1) is 12.8 Å². The molecule has 0 atom stereocenters. The average molecular weight is 229 g/mol. The molecular weight excluding hydrogens is 214 g/mol. The van der Waals surface area contributed by atoms with Gasteiger partial charge < -0.3 is 9.64 Å². The highest BCUT2D eigenvalue weighted by atomic mass is 16.5. The Morgan fingerprint density at radius 3 is 2.65 bits per heavy atom. The molecule has 17 heavy (non-hydrogen) atoms. The second-order valence-corrected chi connectivity index (χ2v) is 3.85. The van der Waals surface area contributed by atoms with E-state index < -0.39 is 0 Å². The second kappa shape index (κ2) is 4.82. The fraction of sp³-hybridized carbons (Fsp3) is 0.231. The van der Waals surface area contributed by atoms with Crippen LogP contribution < -0.4 is 9.64 Å². The van der Waals surface area contributed by atoms with E-state index in [4.69, 9.17) is 4.74 Å². The summed E-state index contributed by atoms with van der Waals surface area (Å²) in [6.45, 7) is 0. The molecule has 0 aromatic carbocycles. The molecule has 0 radical (unpaired) electrons. The number of pyridine rings is 2. The van der Waals surface area contributed by atoms with E-state index in [9.17, 15) is 0 Å². The molecule has 0 spiro atoms. The van der Waals surface area contributed by atoms with Crippen LogP contribution >= 0.6 is 0 Å². The summed E-state index contributed by atoms with van der Waals surface area (Å²) in [6.07, 6.45) is 3.51. The quantitative estimate of drug-likeness (QED) is 0.809. The van der Waals surface area contributed by atoms with Gasteiger partial charge in [-0.05, 0) is 18.2 Å². The van der Waals surface area contributed by atoms with Crippen molar-refractivity contribution in [1.82, 2.24) is 9.97 Å². The first kappa shape index (κ1) is 11.4. The number of methoxy groups -OCH3 is 1. The van der Waals surface area contributed by atoms with Crippen LogP contribution in [0.4, 0.5) is 5.82 Å². The van der Waals surface area contributed by atoms with Crippen LogP contribution in [-0.4, -0.2) is 31.2 Å². The molecule has 0 saturated heterocycles. The zero-order valence-corrected chi connectivity index (χ0v) is 10.2. The predicted molar refractivity (Wildman–Crippen MR) is 68.3 cm³/mol. The van der Waals surface area contributed by atoms with Crippen molar-refractivity contribution in [3.63, 3.8) is 0 Å². The zero-order chi connectivity index (χ0) is 12.3. The van der Waals surface area contributed by atoms with Crippen LogP contribution in [0.5, 0.6) is 5.75 Å². The highest BCUT2D eigenvalue weighted by molar-refractivity contribution is 5.73. The van der Waals surface area contributed by atoms with Crippen molar-refractivity contribution in [3.05, 3.63) is 36.7 Å². The first-order valence-electron chi connectivity index (χ1n) is 5.35. The Morgan fingerprint density at radius 2 is 1.94 bits per heavy atom. The Bertz CT molecular complexity index is 512. The average Bonchev–Trinajstić information content (AvgIpc) is 2.39. The second-order valence-electron chi connectivity index (χ2n) is 3.85. The molecule has 0 aliphatic heterocycles. The Morgan fingerprint density at radius 1 is 1.12 bits per heavy atom. The molecule has 0 bridgehead atoms. The number of aromatic nitrogens is 2. The number of hydrogen-bond acceptors (Lipinski definition) is 4. The lowest BCUT2D eigenvalue weighted by Crippen LogP contribution is -2.11. The van der Waals surface area contributed by atoms with E-state index in [-0.39, 0.29) is 0 Å². The standard InChI is InChI=1S/C13H15N3O/c1-16(2)13-11(5-4-7-15-13)12-9-10(17-3)6-8-14-12/h4-9H,1-3H3. The van der Waals surface area contributed by atoms with Gasteiger partial charge in [-0.15, -0.1) is 0 Å². The van der Waals surface area contributed by atoms with Gasteiger partial charge >= 0.3 is 0 Å². The highest BCUT2D eigenvalue weighted by Gasteiger charge is 2.09. The van der Waals surface area contributed by atoms with Gasteiger partial charge in [0.1, 0.15) is 11.6 Å². The Hall–Kier alpha value is -2.10. The van der Waals surface area contributed by atoms with Crippen LogP contribution in [0.3, 0.4) is 0 Å². The molecule has 4 heteroatoms. The third-order valence-electron chi connectivity index (χ3n) is 2.45. The summed E-state index contributed by atoms with van der Waals surface area (Å²) in [5.41, 5.74) is 1.86. The summed E-state index contributed by atoms with van der Waals surface area (Å²) >= 11 is 0. The fourth-order valence-electron chi connectivity index (χ4n) is 1.64. The lowest BCUT2D eigenvalue weighted by Gasteiger charge is -2.15. The zero-order valence-electron chi connectivity index (χ0n) is 10.2. The molecule has 0 aliphatic rings. The lowest BCUT2D eigenvalue weighted by molar-refractivity contribution is 0.414. The van der Waals surface area contributed by atoms with E-state index in [1.807, 2.05) is 43.3 Å². The van der Waals surface area contributed by atoms with E-state index in [1.165, 1.54) is 0 Å². The van der Waals surface area contributed by atoms with Crippen molar-refractivity contribution in [2.45, 2.75) is 0 Å². The van der Waals surface area contributed by atoms with Crippen molar-refractivity contribution >= 4 is 5.82 Å². The number of hydrogen-bond donors (Lipinski definition) is 0. The van der Waals surface area contributed by atoms with Crippen LogP contribution in [0.1, 0.15) is 0 Å². The number of ether oxygens (including phenoxy) is 1. The third-order valence-corrected chi connectivity index (χ3v) is 2.45. The molecule has 0 saturated carbocycles.